The number of carbonyl (C=O) groups excluding carboxylic acids is 1. The summed E-state index contributed by atoms with van der Waals surface area (Å²) in [6.07, 6.45) is 2.52. The van der Waals surface area contributed by atoms with Gasteiger partial charge < -0.3 is 4.90 Å². The van der Waals surface area contributed by atoms with E-state index in [4.69, 9.17) is 0 Å². The first-order chi connectivity index (χ1) is 7.45. The van der Waals surface area contributed by atoms with E-state index < -0.39 is 0 Å². The Morgan fingerprint density at radius 3 is 2.12 bits per heavy atom. The Balaban J connectivity index is 2.34. The van der Waals surface area contributed by atoms with Crippen molar-refractivity contribution in [3.05, 3.63) is 0 Å². The van der Waals surface area contributed by atoms with Crippen molar-refractivity contribution < 1.29 is 4.79 Å². The molecule has 0 atom stereocenters. The quantitative estimate of drug-likeness (QED) is 0.734. The molecule has 0 aromatic rings. The zero-order valence-electron chi connectivity index (χ0n) is 11.3. The van der Waals surface area contributed by atoms with E-state index in [0.717, 1.165) is 26.2 Å². The second kappa shape index (κ2) is 5.67. The minimum absolute atomic E-state index is 0.231. The molecular weight excluding hydrogens is 200 g/mol. The van der Waals surface area contributed by atoms with Crippen LogP contribution in [0, 0.1) is 5.41 Å². The third-order valence-electron chi connectivity index (χ3n) is 3.13. The predicted octanol–water partition coefficient (Wildman–Crippen LogP) is 1.98. The lowest BCUT2D eigenvalue weighted by atomic mass is 9.94. The van der Waals surface area contributed by atoms with E-state index >= 15 is 0 Å². The summed E-state index contributed by atoms with van der Waals surface area (Å²) in [5, 5.41) is 0. The highest BCUT2D eigenvalue weighted by Crippen LogP contribution is 2.18. The van der Waals surface area contributed by atoms with E-state index in [9.17, 15) is 4.79 Å². The number of amides is 1. The van der Waals surface area contributed by atoms with Crippen LogP contribution in [0.1, 0.15) is 40.5 Å². The van der Waals surface area contributed by atoms with Crippen molar-refractivity contribution in [2.24, 2.45) is 5.41 Å². The lowest BCUT2D eigenvalue weighted by molar-refractivity contribution is -0.141. The van der Waals surface area contributed by atoms with Gasteiger partial charge in [-0.2, -0.15) is 0 Å². The zero-order chi connectivity index (χ0) is 12.2. The Morgan fingerprint density at radius 1 is 1.12 bits per heavy atom. The molecule has 0 aliphatic carbocycles. The van der Waals surface area contributed by atoms with E-state index in [1.807, 2.05) is 25.7 Å². The van der Waals surface area contributed by atoms with E-state index in [-0.39, 0.29) is 5.41 Å². The zero-order valence-corrected chi connectivity index (χ0v) is 11.3. The summed E-state index contributed by atoms with van der Waals surface area (Å²) in [6, 6.07) is 0. The summed E-state index contributed by atoms with van der Waals surface area (Å²) in [5.74, 6) is 0.294. The van der Waals surface area contributed by atoms with Gasteiger partial charge in [-0.15, -0.1) is 0 Å². The smallest absolute Gasteiger partial charge is 0.228 e. The molecule has 3 nitrogen and oxygen atoms in total. The highest BCUT2D eigenvalue weighted by atomic mass is 16.2. The van der Waals surface area contributed by atoms with Crippen LogP contribution in [0.2, 0.25) is 0 Å². The fourth-order valence-corrected chi connectivity index (χ4v) is 2.03. The summed E-state index contributed by atoms with van der Waals surface area (Å²) >= 11 is 0. The van der Waals surface area contributed by atoms with Crippen LogP contribution in [0.25, 0.3) is 0 Å². The molecule has 1 amide bonds. The maximum absolute atomic E-state index is 12.0. The van der Waals surface area contributed by atoms with Crippen molar-refractivity contribution >= 4 is 5.91 Å². The van der Waals surface area contributed by atoms with Gasteiger partial charge in [-0.1, -0.05) is 34.1 Å². The second-order valence-electron chi connectivity index (χ2n) is 5.74. The topological polar surface area (TPSA) is 23.6 Å². The van der Waals surface area contributed by atoms with Crippen molar-refractivity contribution in [2.45, 2.75) is 40.5 Å². The van der Waals surface area contributed by atoms with Gasteiger partial charge in [0.1, 0.15) is 0 Å². The molecule has 16 heavy (non-hydrogen) atoms. The number of rotatable bonds is 3. The molecule has 0 radical (unpaired) electrons. The number of piperazine rings is 1. The van der Waals surface area contributed by atoms with Gasteiger partial charge in [0.05, 0.1) is 0 Å². The van der Waals surface area contributed by atoms with E-state index in [1.165, 1.54) is 19.4 Å². The van der Waals surface area contributed by atoms with Crippen LogP contribution >= 0.6 is 0 Å². The van der Waals surface area contributed by atoms with Crippen molar-refractivity contribution in [1.82, 2.24) is 9.80 Å². The Kier molecular flexibility index (Phi) is 4.78. The molecule has 0 aromatic carbocycles. The third-order valence-corrected chi connectivity index (χ3v) is 3.13. The Bertz CT molecular complexity index is 225. The molecule has 0 saturated carbocycles. The monoisotopic (exact) mass is 226 g/mol. The number of unbranched alkanes of at least 4 members (excludes halogenated alkanes) is 1. The summed E-state index contributed by atoms with van der Waals surface area (Å²) in [4.78, 5) is 16.5. The first-order valence-electron chi connectivity index (χ1n) is 6.47. The molecule has 94 valence electrons. The van der Waals surface area contributed by atoms with Crippen molar-refractivity contribution in [3.8, 4) is 0 Å². The van der Waals surface area contributed by atoms with Gasteiger partial charge in [0.25, 0.3) is 0 Å². The normalized spacial score (nSPS) is 18.9. The number of carbonyl (C=O) groups is 1. The fourth-order valence-electron chi connectivity index (χ4n) is 2.03. The molecule has 0 aromatic heterocycles. The number of nitrogens with zero attached hydrogens (tertiary/aromatic N) is 2. The van der Waals surface area contributed by atoms with Gasteiger partial charge in [-0.05, 0) is 13.0 Å². The molecule has 3 heteroatoms. The molecule has 0 bridgehead atoms. The highest BCUT2D eigenvalue weighted by molar-refractivity contribution is 5.81. The molecular formula is C13H26N2O. The average Bonchev–Trinajstić information content (AvgIpc) is 2.25. The molecule has 1 saturated heterocycles. The van der Waals surface area contributed by atoms with E-state index in [2.05, 4.69) is 11.8 Å². The van der Waals surface area contributed by atoms with Crippen LogP contribution in [0.5, 0.6) is 0 Å². The molecule has 1 aliphatic rings. The van der Waals surface area contributed by atoms with Crippen LogP contribution in [0.4, 0.5) is 0 Å². The molecule has 1 aliphatic heterocycles. The largest absolute Gasteiger partial charge is 0.340 e. The van der Waals surface area contributed by atoms with Gasteiger partial charge in [-0.3, -0.25) is 9.69 Å². The Labute approximate surface area is 99.8 Å². The first kappa shape index (κ1) is 13.5. The molecule has 0 spiro atoms. The van der Waals surface area contributed by atoms with Gasteiger partial charge >= 0.3 is 0 Å². The summed E-state index contributed by atoms with van der Waals surface area (Å²) in [5.41, 5.74) is -0.231. The van der Waals surface area contributed by atoms with E-state index in [0.29, 0.717) is 5.91 Å². The lowest BCUT2D eigenvalue weighted by Gasteiger charge is -2.37. The van der Waals surface area contributed by atoms with Gasteiger partial charge in [-0.25, -0.2) is 0 Å². The van der Waals surface area contributed by atoms with Gasteiger partial charge in [0.2, 0.25) is 5.91 Å². The minimum atomic E-state index is -0.231. The molecule has 1 heterocycles. The van der Waals surface area contributed by atoms with Crippen molar-refractivity contribution in [2.75, 3.05) is 32.7 Å². The Hall–Kier alpha value is -0.570. The minimum Gasteiger partial charge on any atom is -0.340 e. The summed E-state index contributed by atoms with van der Waals surface area (Å²) < 4.78 is 0. The standard InChI is InChI=1S/C13H26N2O/c1-5-6-7-14-8-10-15(11-9-14)12(16)13(2,3)4/h5-11H2,1-4H3. The van der Waals surface area contributed by atoms with Crippen LogP contribution in [0.3, 0.4) is 0 Å². The van der Waals surface area contributed by atoms with Gasteiger partial charge in [0, 0.05) is 31.6 Å². The van der Waals surface area contributed by atoms with Crippen LogP contribution < -0.4 is 0 Å². The van der Waals surface area contributed by atoms with Crippen LogP contribution in [0.15, 0.2) is 0 Å². The van der Waals surface area contributed by atoms with E-state index in [1.54, 1.807) is 0 Å². The fraction of sp³-hybridized carbons (Fsp3) is 0.923. The Morgan fingerprint density at radius 2 is 1.69 bits per heavy atom. The third kappa shape index (κ3) is 3.78. The van der Waals surface area contributed by atoms with Crippen LogP contribution in [-0.2, 0) is 4.79 Å². The van der Waals surface area contributed by atoms with Gasteiger partial charge in [0.15, 0.2) is 0 Å². The maximum atomic E-state index is 12.0. The molecule has 0 N–H and O–H groups in total. The first-order valence-corrected chi connectivity index (χ1v) is 6.47. The second-order valence-corrected chi connectivity index (χ2v) is 5.74. The summed E-state index contributed by atoms with van der Waals surface area (Å²) in [7, 11) is 0. The molecule has 0 unspecified atom stereocenters. The number of hydrogen-bond donors (Lipinski definition) is 0. The lowest BCUT2D eigenvalue weighted by Crippen LogP contribution is -2.51. The maximum Gasteiger partial charge on any atom is 0.228 e. The molecule has 1 rings (SSSR count). The number of hydrogen-bond acceptors (Lipinski definition) is 2. The average molecular weight is 226 g/mol. The highest BCUT2D eigenvalue weighted by Gasteiger charge is 2.29. The summed E-state index contributed by atoms with van der Waals surface area (Å²) in [6.45, 7) is 13.3. The SMILES string of the molecule is CCCCN1CCN(C(=O)C(C)(C)C)CC1. The van der Waals surface area contributed by atoms with Crippen molar-refractivity contribution in [1.29, 1.82) is 0 Å². The predicted molar refractivity (Wildman–Crippen MR) is 67.4 cm³/mol. The molecule has 1 fully saturated rings. The van der Waals surface area contributed by atoms with Crippen LogP contribution in [-0.4, -0.2) is 48.4 Å². The van der Waals surface area contributed by atoms with Crippen molar-refractivity contribution in [3.63, 3.8) is 0 Å².